The van der Waals surface area contributed by atoms with Crippen molar-refractivity contribution >= 4 is 0 Å². The van der Waals surface area contributed by atoms with Gasteiger partial charge in [0.2, 0.25) is 0 Å². The monoisotopic (exact) mass is 282 g/mol. The third kappa shape index (κ3) is 3.75. The topological polar surface area (TPSA) is 24.5 Å². The Morgan fingerprint density at radius 3 is 2.20 bits per heavy atom. The molecule has 0 spiro atoms. The van der Waals surface area contributed by atoms with Crippen LogP contribution in [0.5, 0.6) is 0 Å². The van der Waals surface area contributed by atoms with Crippen LogP contribution in [-0.2, 0) is 4.74 Å². The lowest BCUT2D eigenvalue weighted by atomic mass is 9.89. The second kappa shape index (κ2) is 5.94. The van der Waals surface area contributed by atoms with Crippen LogP contribution in [0.15, 0.2) is 0 Å². The van der Waals surface area contributed by atoms with Gasteiger partial charge in [0.05, 0.1) is 11.2 Å². The summed E-state index contributed by atoms with van der Waals surface area (Å²) in [6.45, 7) is 17.3. The third-order valence-electron chi connectivity index (χ3n) is 5.02. The lowest BCUT2D eigenvalue weighted by Crippen LogP contribution is -2.52. The first kappa shape index (κ1) is 16.3. The predicted molar refractivity (Wildman–Crippen MR) is 85.1 cm³/mol. The van der Waals surface area contributed by atoms with Crippen LogP contribution >= 0.6 is 0 Å². The number of hydrogen-bond donors (Lipinski definition) is 1. The molecule has 1 N–H and O–H groups in total. The van der Waals surface area contributed by atoms with Gasteiger partial charge in [0, 0.05) is 18.6 Å². The van der Waals surface area contributed by atoms with E-state index in [1.807, 2.05) is 0 Å². The molecule has 0 radical (unpaired) electrons. The number of ether oxygens (including phenoxy) is 1. The van der Waals surface area contributed by atoms with Gasteiger partial charge < -0.3 is 10.1 Å². The van der Waals surface area contributed by atoms with E-state index in [-0.39, 0.29) is 11.2 Å². The molecule has 0 aliphatic carbocycles. The van der Waals surface area contributed by atoms with Gasteiger partial charge in [0.1, 0.15) is 0 Å². The summed E-state index contributed by atoms with van der Waals surface area (Å²) in [5, 5.41) is 3.47. The maximum atomic E-state index is 6.32. The van der Waals surface area contributed by atoms with Crippen molar-refractivity contribution in [3.63, 3.8) is 0 Å². The Bertz CT molecular complexity index is 319. The van der Waals surface area contributed by atoms with Crippen LogP contribution in [0.3, 0.4) is 0 Å². The van der Waals surface area contributed by atoms with Crippen molar-refractivity contribution in [3.05, 3.63) is 0 Å². The first-order valence-electron chi connectivity index (χ1n) is 8.38. The molecule has 2 fully saturated rings. The van der Waals surface area contributed by atoms with E-state index in [0.717, 1.165) is 12.3 Å². The first-order valence-corrected chi connectivity index (χ1v) is 8.38. The van der Waals surface area contributed by atoms with Gasteiger partial charge in [0.25, 0.3) is 0 Å². The molecule has 2 heterocycles. The highest BCUT2D eigenvalue weighted by atomic mass is 16.5. The smallest absolute Gasteiger partial charge is 0.0789 e. The number of nitrogens with one attached hydrogen (secondary N) is 1. The molecular weight excluding hydrogens is 248 g/mol. The summed E-state index contributed by atoms with van der Waals surface area (Å²) in [7, 11) is 0. The molecule has 0 saturated carbocycles. The molecule has 0 aromatic carbocycles. The molecule has 2 saturated heterocycles. The van der Waals surface area contributed by atoms with E-state index >= 15 is 0 Å². The highest BCUT2D eigenvalue weighted by molar-refractivity contribution is 5.01. The Morgan fingerprint density at radius 1 is 1.15 bits per heavy atom. The summed E-state index contributed by atoms with van der Waals surface area (Å²) in [5.41, 5.74) is -0.0316. The molecule has 0 aromatic heterocycles. The van der Waals surface area contributed by atoms with Gasteiger partial charge >= 0.3 is 0 Å². The van der Waals surface area contributed by atoms with Gasteiger partial charge in [-0.15, -0.1) is 0 Å². The van der Waals surface area contributed by atoms with Crippen molar-refractivity contribution in [1.29, 1.82) is 0 Å². The zero-order chi connectivity index (χ0) is 15.0. The highest BCUT2D eigenvalue weighted by Gasteiger charge is 2.49. The van der Waals surface area contributed by atoms with Crippen molar-refractivity contribution in [2.45, 2.75) is 84.1 Å². The van der Waals surface area contributed by atoms with E-state index in [4.69, 9.17) is 4.74 Å². The third-order valence-corrected chi connectivity index (χ3v) is 5.02. The van der Waals surface area contributed by atoms with E-state index in [1.54, 1.807) is 0 Å². The fourth-order valence-corrected chi connectivity index (χ4v) is 4.11. The molecule has 0 amide bonds. The quantitative estimate of drug-likeness (QED) is 0.858. The number of hydrogen-bond acceptors (Lipinski definition) is 3. The molecule has 2 rings (SSSR count). The highest BCUT2D eigenvalue weighted by Crippen LogP contribution is 2.41. The molecule has 3 nitrogen and oxygen atoms in total. The number of rotatable bonds is 4. The van der Waals surface area contributed by atoms with E-state index in [0.29, 0.717) is 12.1 Å². The Hall–Kier alpha value is -0.120. The van der Waals surface area contributed by atoms with Crippen LogP contribution in [0.1, 0.15) is 60.8 Å². The van der Waals surface area contributed by atoms with Gasteiger partial charge in [-0.25, -0.2) is 0 Å². The standard InChI is InChI=1S/C17H34N2O/c1-13(2)19(12-14-7-9-18-10-8-14)15-11-16(3,4)20-17(15,5)6/h13-15,18H,7-12H2,1-6H3. The zero-order valence-electron chi connectivity index (χ0n) is 14.3. The Morgan fingerprint density at radius 2 is 1.75 bits per heavy atom. The van der Waals surface area contributed by atoms with Gasteiger partial charge in [-0.3, -0.25) is 4.90 Å². The summed E-state index contributed by atoms with van der Waals surface area (Å²) < 4.78 is 6.32. The Balaban J connectivity index is 2.08. The van der Waals surface area contributed by atoms with Crippen LogP contribution in [0.2, 0.25) is 0 Å². The molecule has 2 aliphatic heterocycles. The summed E-state index contributed by atoms with van der Waals surface area (Å²) >= 11 is 0. The Labute approximate surface area is 125 Å². The normalized spacial score (nSPS) is 30.3. The van der Waals surface area contributed by atoms with Crippen LogP contribution in [0.4, 0.5) is 0 Å². The molecule has 1 atom stereocenters. The fourth-order valence-electron chi connectivity index (χ4n) is 4.11. The molecule has 3 heteroatoms. The lowest BCUT2D eigenvalue weighted by molar-refractivity contribution is -0.0846. The van der Waals surface area contributed by atoms with Crippen molar-refractivity contribution < 1.29 is 4.74 Å². The van der Waals surface area contributed by atoms with Crippen LogP contribution in [0, 0.1) is 5.92 Å². The van der Waals surface area contributed by atoms with Crippen LogP contribution in [-0.4, -0.2) is 47.8 Å². The van der Waals surface area contributed by atoms with Crippen LogP contribution < -0.4 is 5.32 Å². The minimum Gasteiger partial charge on any atom is -0.368 e. The maximum absolute atomic E-state index is 6.32. The van der Waals surface area contributed by atoms with Gasteiger partial charge in [-0.1, -0.05) is 0 Å². The second-order valence-corrected chi connectivity index (χ2v) is 8.17. The molecule has 2 aliphatic rings. The first-order chi connectivity index (χ1) is 9.21. The SMILES string of the molecule is CC(C)N(CC1CCNCC1)C1CC(C)(C)OC1(C)C. The van der Waals surface area contributed by atoms with Gasteiger partial charge in [0.15, 0.2) is 0 Å². The van der Waals surface area contributed by atoms with Crippen molar-refractivity contribution in [3.8, 4) is 0 Å². The molecule has 118 valence electrons. The zero-order valence-corrected chi connectivity index (χ0v) is 14.3. The second-order valence-electron chi connectivity index (χ2n) is 8.17. The lowest BCUT2D eigenvalue weighted by Gasteiger charge is -2.41. The van der Waals surface area contributed by atoms with Crippen molar-refractivity contribution in [2.75, 3.05) is 19.6 Å². The number of piperidine rings is 1. The molecular formula is C17H34N2O. The van der Waals surface area contributed by atoms with E-state index < -0.39 is 0 Å². The summed E-state index contributed by atoms with van der Waals surface area (Å²) in [6.07, 6.45) is 3.78. The minimum atomic E-state index is -0.0410. The average molecular weight is 282 g/mol. The Kier molecular flexibility index (Phi) is 4.83. The minimum absolute atomic E-state index is 0.00935. The maximum Gasteiger partial charge on any atom is 0.0789 e. The van der Waals surface area contributed by atoms with E-state index in [1.165, 1.54) is 32.5 Å². The predicted octanol–water partition coefficient (Wildman–Crippen LogP) is 3.04. The van der Waals surface area contributed by atoms with Gasteiger partial charge in [-0.05, 0) is 79.8 Å². The van der Waals surface area contributed by atoms with Crippen LogP contribution in [0.25, 0.3) is 0 Å². The molecule has 0 bridgehead atoms. The van der Waals surface area contributed by atoms with E-state index in [9.17, 15) is 0 Å². The average Bonchev–Trinajstić information content (AvgIpc) is 2.55. The summed E-state index contributed by atoms with van der Waals surface area (Å²) in [5.74, 6) is 0.846. The fraction of sp³-hybridized carbons (Fsp3) is 1.00. The summed E-state index contributed by atoms with van der Waals surface area (Å²) in [4.78, 5) is 2.71. The van der Waals surface area contributed by atoms with Gasteiger partial charge in [-0.2, -0.15) is 0 Å². The molecule has 0 aromatic rings. The van der Waals surface area contributed by atoms with Crippen molar-refractivity contribution in [2.24, 2.45) is 5.92 Å². The summed E-state index contributed by atoms with van der Waals surface area (Å²) in [6, 6.07) is 1.12. The van der Waals surface area contributed by atoms with Crippen molar-refractivity contribution in [1.82, 2.24) is 10.2 Å². The largest absolute Gasteiger partial charge is 0.368 e. The molecule has 20 heavy (non-hydrogen) atoms. The number of nitrogens with zero attached hydrogens (tertiary/aromatic N) is 1. The molecule has 1 unspecified atom stereocenters. The van der Waals surface area contributed by atoms with E-state index in [2.05, 4.69) is 51.8 Å².